The van der Waals surface area contributed by atoms with Crippen molar-refractivity contribution in [1.82, 2.24) is 0 Å². The maximum atomic E-state index is 15.0. The van der Waals surface area contributed by atoms with Gasteiger partial charge in [0.1, 0.15) is 6.61 Å². The summed E-state index contributed by atoms with van der Waals surface area (Å²) in [6.45, 7) is 4.63. The van der Waals surface area contributed by atoms with Crippen LogP contribution in [0.25, 0.3) is 0 Å². The van der Waals surface area contributed by atoms with Crippen molar-refractivity contribution in [3.8, 4) is 5.75 Å². The first-order valence-electron chi connectivity index (χ1n) is 11.3. The lowest BCUT2D eigenvalue weighted by Crippen LogP contribution is -2.44. The molecule has 0 aromatic heterocycles. The van der Waals surface area contributed by atoms with E-state index in [9.17, 15) is 8.78 Å². The van der Waals surface area contributed by atoms with Crippen molar-refractivity contribution in [3.63, 3.8) is 0 Å². The Kier molecular flexibility index (Phi) is 7.17. The van der Waals surface area contributed by atoms with Gasteiger partial charge in [0.05, 0.1) is 0 Å². The van der Waals surface area contributed by atoms with E-state index in [-0.39, 0.29) is 17.8 Å². The molecule has 0 saturated heterocycles. The van der Waals surface area contributed by atoms with Gasteiger partial charge >= 0.3 is 0 Å². The fraction of sp³-hybridized carbons (Fsp3) is 0.680. The number of allylic oxidation sites excluding steroid dienone is 1. The van der Waals surface area contributed by atoms with Crippen LogP contribution in [0.1, 0.15) is 96.5 Å². The van der Waals surface area contributed by atoms with E-state index in [0.717, 1.165) is 51.4 Å². The summed E-state index contributed by atoms with van der Waals surface area (Å²) in [6.07, 6.45) is 17.6. The van der Waals surface area contributed by atoms with Gasteiger partial charge in [-0.05, 0) is 73.8 Å². The number of benzene rings is 1. The smallest absolute Gasteiger partial charge is 0.200 e. The van der Waals surface area contributed by atoms with Crippen LogP contribution in [0.3, 0.4) is 0 Å². The second-order valence-electron chi connectivity index (χ2n) is 9.05. The van der Waals surface area contributed by atoms with Crippen LogP contribution in [-0.2, 0) is 5.41 Å². The topological polar surface area (TPSA) is 9.23 Å². The molecule has 0 heterocycles. The normalized spacial score (nSPS) is 26.9. The van der Waals surface area contributed by atoms with Crippen LogP contribution in [0, 0.1) is 17.0 Å². The van der Waals surface area contributed by atoms with Crippen molar-refractivity contribution >= 4 is 0 Å². The van der Waals surface area contributed by atoms with Gasteiger partial charge in [-0.25, -0.2) is 4.39 Å². The number of hydrogen-bond acceptors (Lipinski definition) is 1. The Bertz CT molecular complexity index is 655. The minimum absolute atomic E-state index is 0.0272. The molecular weight excluding hydrogens is 354 g/mol. The molecule has 0 atom stereocenters. The quantitative estimate of drug-likeness (QED) is 0.292. The molecule has 4 rings (SSSR count). The van der Waals surface area contributed by atoms with E-state index < -0.39 is 11.6 Å². The molecular formula is C25H36F2O. The van der Waals surface area contributed by atoms with E-state index >= 15 is 0 Å². The minimum atomic E-state index is -0.818. The Hall–Kier alpha value is -1.38. The molecule has 0 unspecified atom stereocenters. The van der Waals surface area contributed by atoms with Crippen LogP contribution in [0.2, 0.25) is 0 Å². The van der Waals surface area contributed by atoms with Gasteiger partial charge in [0.2, 0.25) is 5.82 Å². The number of halogens is 2. The summed E-state index contributed by atoms with van der Waals surface area (Å²) in [5.74, 6) is -1.48. The highest BCUT2D eigenvalue weighted by molar-refractivity contribution is 5.37. The van der Waals surface area contributed by atoms with Gasteiger partial charge in [-0.3, -0.25) is 0 Å². The van der Waals surface area contributed by atoms with Crippen LogP contribution in [0.4, 0.5) is 8.78 Å². The van der Waals surface area contributed by atoms with Crippen LogP contribution in [0.15, 0.2) is 24.3 Å². The lowest BCUT2D eigenvalue weighted by atomic mass is 9.51. The van der Waals surface area contributed by atoms with Crippen molar-refractivity contribution in [2.24, 2.45) is 5.41 Å². The summed E-state index contributed by atoms with van der Waals surface area (Å²) >= 11 is 0. The second kappa shape index (κ2) is 9.41. The maximum absolute atomic E-state index is 15.0. The number of ether oxygens (including phenoxy) is 1. The summed E-state index contributed by atoms with van der Waals surface area (Å²) in [6, 6.07) is 3.42. The number of unbranched alkanes of at least 4 members (excludes halogenated alkanes) is 3. The van der Waals surface area contributed by atoms with Crippen molar-refractivity contribution < 1.29 is 13.5 Å². The molecule has 0 N–H and O–H groups in total. The van der Waals surface area contributed by atoms with Gasteiger partial charge in [0, 0.05) is 0 Å². The van der Waals surface area contributed by atoms with Crippen molar-refractivity contribution in [3.05, 3.63) is 41.5 Å². The molecule has 28 heavy (non-hydrogen) atoms. The van der Waals surface area contributed by atoms with Crippen LogP contribution in [0.5, 0.6) is 5.75 Å². The van der Waals surface area contributed by atoms with Gasteiger partial charge in [0.15, 0.2) is 11.6 Å². The first kappa shape index (κ1) is 21.3. The molecule has 3 aliphatic rings. The van der Waals surface area contributed by atoms with Crippen molar-refractivity contribution in [1.29, 1.82) is 0 Å². The van der Waals surface area contributed by atoms with Gasteiger partial charge in [-0.2, -0.15) is 4.39 Å². The molecule has 1 nitrogen and oxygen atoms in total. The first-order chi connectivity index (χ1) is 13.6. The number of hydrogen-bond donors (Lipinski definition) is 0. The molecule has 3 aliphatic carbocycles. The van der Waals surface area contributed by atoms with Crippen LogP contribution in [-0.4, -0.2) is 6.61 Å². The Morgan fingerprint density at radius 1 is 0.893 bits per heavy atom. The summed E-state index contributed by atoms with van der Waals surface area (Å²) in [7, 11) is 0. The molecule has 3 saturated carbocycles. The average Bonchev–Trinajstić information content (AvgIpc) is 2.72. The Balaban J connectivity index is 1.67. The summed E-state index contributed by atoms with van der Waals surface area (Å²) in [5.41, 5.74) is 0.886. The third-order valence-corrected chi connectivity index (χ3v) is 7.29. The number of fused-ring (bicyclic) bond motifs is 3. The van der Waals surface area contributed by atoms with Gasteiger partial charge in [-0.15, -0.1) is 0 Å². The van der Waals surface area contributed by atoms with Gasteiger partial charge < -0.3 is 4.74 Å². The zero-order chi connectivity index (χ0) is 20.0. The molecule has 1 aromatic rings. The van der Waals surface area contributed by atoms with E-state index in [1.165, 1.54) is 25.7 Å². The zero-order valence-corrected chi connectivity index (χ0v) is 17.7. The standard InChI is InChI=1S/C25H36F2O/c1-3-5-7-9-19-28-21-11-10-20(22(26)23(21)27)25-16-13-24(14-17-25,15-18-25)12-8-6-4-2/h7,9-11H,3-6,8,12-19H2,1-2H3/b9-7+. The fourth-order valence-corrected chi connectivity index (χ4v) is 5.34. The number of rotatable bonds is 10. The van der Waals surface area contributed by atoms with E-state index in [1.54, 1.807) is 12.1 Å². The van der Waals surface area contributed by atoms with Gasteiger partial charge in [0.25, 0.3) is 0 Å². The van der Waals surface area contributed by atoms with E-state index in [2.05, 4.69) is 13.8 Å². The zero-order valence-electron chi connectivity index (χ0n) is 17.7. The summed E-state index contributed by atoms with van der Waals surface area (Å²) in [4.78, 5) is 0. The predicted molar refractivity (Wildman–Crippen MR) is 112 cm³/mol. The summed E-state index contributed by atoms with van der Waals surface area (Å²) < 4.78 is 35.1. The molecule has 0 amide bonds. The van der Waals surface area contributed by atoms with Crippen molar-refractivity contribution in [2.45, 2.75) is 96.3 Å². The lowest BCUT2D eigenvalue weighted by Gasteiger charge is -2.54. The molecule has 0 spiro atoms. The largest absolute Gasteiger partial charge is 0.486 e. The minimum Gasteiger partial charge on any atom is -0.486 e. The average molecular weight is 391 g/mol. The van der Waals surface area contributed by atoms with E-state index in [0.29, 0.717) is 11.0 Å². The van der Waals surface area contributed by atoms with Crippen molar-refractivity contribution in [2.75, 3.05) is 6.61 Å². The lowest BCUT2D eigenvalue weighted by molar-refractivity contribution is 0.0285. The molecule has 0 radical (unpaired) electrons. The molecule has 2 bridgehead atoms. The summed E-state index contributed by atoms with van der Waals surface area (Å²) in [5, 5.41) is 0. The van der Waals surface area contributed by atoms with Crippen LogP contribution < -0.4 is 4.74 Å². The first-order valence-corrected chi connectivity index (χ1v) is 11.3. The highest BCUT2D eigenvalue weighted by Crippen LogP contribution is 2.60. The fourth-order valence-electron chi connectivity index (χ4n) is 5.34. The molecule has 0 aliphatic heterocycles. The molecule has 1 aromatic carbocycles. The highest BCUT2D eigenvalue weighted by Gasteiger charge is 2.50. The Morgan fingerprint density at radius 3 is 2.25 bits per heavy atom. The molecule has 3 heteroatoms. The monoisotopic (exact) mass is 390 g/mol. The Morgan fingerprint density at radius 2 is 1.61 bits per heavy atom. The third-order valence-electron chi connectivity index (χ3n) is 7.29. The Labute approximate surface area is 169 Å². The predicted octanol–water partition coefficient (Wildman–Crippen LogP) is 7.87. The van der Waals surface area contributed by atoms with Gasteiger partial charge in [-0.1, -0.05) is 57.7 Å². The maximum Gasteiger partial charge on any atom is 0.200 e. The van der Waals surface area contributed by atoms with E-state index in [4.69, 9.17) is 4.74 Å². The molecule has 156 valence electrons. The van der Waals surface area contributed by atoms with E-state index in [1.807, 2.05) is 12.2 Å². The highest BCUT2D eigenvalue weighted by atomic mass is 19.2. The third kappa shape index (κ3) is 4.44. The van der Waals surface area contributed by atoms with Crippen LogP contribution >= 0.6 is 0 Å². The second-order valence-corrected chi connectivity index (χ2v) is 9.05. The molecule has 3 fully saturated rings. The SMILES string of the molecule is CCC/C=C/COc1ccc(C23CCC(CCCCC)(CC2)CC3)c(F)c1F.